The molecule has 5 N–H and O–H groups in total. The molecular formula is C44H54N12O8. The van der Waals surface area contributed by atoms with Crippen molar-refractivity contribution in [2.24, 2.45) is 5.73 Å². The first-order valence-corrected chi connectivity index (χ1v) is 22.0. The number of carbonyl (C=O) groups is 7. The molecule has 0 radical (unpaired) electrons. The maximum Gasteiger partial charge on any atom is 0.320 e. The topological polar surface area (TPSA) is 236 Å². The van der Waals surface area contributed by atoms with Crippen LogP contribution in [-0.4, -0.2) is 162 Å². The number of imide groups is 2. The number of ether oxygens (including phenoxy) is 1. The van der Waals surface area contributed by atoms with E-state index in [1.807, 2.05) is 18.0 Å². The number of aromatic nitrogens is 2. The van der Waals surface area contributed by atoms with E-state index in [1.54, 1.807) is 47.5 Å². The highest BCUT2D eigenvalue weighted by atomic mass is 16.5. The SMILES string of the molecule is CN1CCN([C@@H]2CCCN(c3cnc(C(N)=O)c(Nc4ccc(OCCCNC(=O)CCCN5CCN(c6ccc7c(c6)C(=O)N(C6CCC(=O)NC6=O)C7=O)CC5)cc4)n3)C2)C1=O. The van der Waals surface area contributed by atoms with E-state index < -0.39 is 35.6 Å². The third-order valence-electron chi connectivity index (χ3n) is 12.5. The molecule has 5 aliphatic heterocycles. The molecule has 5 aliphatic rings. The third kappa shape index (κ3) is 9.70. The maximum atomic E-state index is 13.3. The predicted octanol–water partition coefficient (Wildman–Crippen LogP) is 1.54. The first-order valence-electron chi connectivity index (χ1n) is 22.0. The van der Waals surface area contributed by atoms with Crippen molar-refractivity contribution < 1.29 is 38.3 Å². The highest BCUT2D eigenvalue weighted by molar-refractivity contribution is 6.23. The van der Waals surface area contributed by atoms with Crippen molar-refractivity contribution in [3.8, 4) is 5.75 Å². The Kier molecular flexibility index (Phi) is 13.2. The number of nitrogens with one attached hydrogen (secondary N) is 3. The number of amides is 8. The molecule has 0 spiro atoms. The number of rotatable bonds is 16. The number of urea groups is 1. The second kappa shape index (κ2) is 19.3. The zero-order chi connectivity index (χ0) is 44.9. The summed E-state index contributed by atoms with van der Waals surface area (Å²) >= 11 is 0. The molecule has 64 heavy (non-hydrogen) atoms. The van der Waals surface area contributed by atoms with Crippen LogP contribution in [0.25, 0.3) is 0 Å². The summed E-state index contributed by atoms with van der Waals surface area (Å²) in [6.45, 7) is 7.42. The average molecular weight is 879 g/mol. The van der Waals surface area contributed by atoms with Crippen molar-refractivity contribution in [1.82, 2.24) is 40.2 Å². The van der Waals surface area contributed by atoms with Gasteiger partial charge in [0, 0.05) is 90.2 Å². The lowest BCUT2D eigenvalue weighted by Crippen LogP contribution is -2.54. The Morgan fingerprint density at radius 2 is 1.67 bits per heavy atom. The number of hydrogen-bond acceptors (Lipinski definition) is 14. The molecular weight excluding hydrogens is 825 g/mol. The fraction of sp³-hybridized carbons (Fsp3) is 0.477. The normalized spacial score (nSPS) is 20.5. The van der Waals surface area contributed by atoms with Crippen LogP contribution in [0.15, 0.2) is 48.7 Å². The van der Waals surface area contributed by atoms with Crippen molar-refractivity contribution >= 4 is 64.5 Å². The zero-order valence-electron chi connectivity index (χ0n) is 35.9. The largest absolute Gasteiger partial charge is 0.494 e. The van der Waals surface area contributed by atoms with Crippen LogP contribution < -0.4 is 36.2 Å². The molecule has 1 unspecified atom stereocenters. The quantitative estimate of drug-likeness (QED) is 0.118. The van der Waals surface area contributed by atoms with Crippen LogP contribution in [0.5, 0.6) is 5.75 Å². The number of fused-ring (bicyclic) bond motifs is 1. The summed E-state index contributed by atoms with van der Waals surface area (Å²) in [5.41, 5.74) is 7.68. The Balaban J connectivity index is 0.720. The Bertz CT molecular complexity index is 2300. The van der Waals surface area contributed by atoms with Crippen molar-refractivity contribution in [1.29, 1.82) is 0 Å². The molecule has 20 heteroatoms. The van der Waals surface area contributed by atoms with Gasteiger partial charge in [-0.1, -0.05) is 0 Å². The maximum absolute atomic E-state index is 13.3. The lowest BCUT2D eigenvalue weighted by molar-refractivity contribution is -0.136. The number of carbonyl (C=O) groups excluding carboxylic acids is 7. The first-order chi connectivity index (χ1) is 30.9. The van der Waals surface area contributed by atoms with E-state index in [0.29, 0.717) is 82.4 Å². The van der Waals surface area contributed by atoms with Gasteiger partial charge in [-0.2, -0.15) is 0 Å². The molecule has 2 atom stereocenters. The van der Waals surface area contributed by atoms with E-state index in [2.05, 4.69) is 35.6 Å². The van der Waals surface area contributed by atoms with Gasteiger partial charge < -0.3 is 40.7 Å². The lowest BCUT2D eigenvalue weighted by atomic mass is 10.0. The van der Waals surface area contributed by atoms with Crippen molar-refractivity contribution in [2.75, 3.05) is 94.2 Å². The summed E-state index contributed by atoms with van der Waals surface area (Å²) in [6, 6.07) is 11.5. The molecule has 8 rings (SSSR count). The van der Waals surface area contributed by atoms with E-state index >= 15 is 0 Å². The summed E-state index contributed by atoms with van der Waals surface area (Å²) in [7, 11) is 1.81. The van der Waals surface area contributed by atoms with E-state index in [9.17, 15) is 33.6 Å². The van der Waals surface area contributed by atoms with E-state index in [4.69, 9.17) is 15.5 Å². The van der Waals surface area contributed by atoms with Crippen LogP contribution in [0, 0.1) is 0 Å². The second-order valence-corrected chi connectivity index (χ2v) is 16.7. The van der Waals surface area contributed by atoms with Crippen LogP contribution in [0.2, 0.25) is 0 Å². The molecule has 1 aromatic heterocycles. The Morgan fingerprint density at radius 3 is 2.41 bits per heavy atom. The van der Waals surface area contributed by atoms with Gasteiger partial charge in [-0.3, -0.25) is 43.9 Å². The Labute approximate surface area is 370 Å². The Hall–Kier alpha value is -6.83. The van der Waals surface area contributed by atoms with Gasteiger partial charge in [0.2, 0.25) is 17.7 Å². The molecule has 20 nitrogen and oxygen atoms in total. The van der Waals surface area contributed by atoms with Gasteiger partial charge in [-0.15, -0.1) is 0 Å². The smallest absolute Gasteiger partial charge is 0.320 e. The average Bonchev–Trinajstić information content (AvgIpc) is 3.76. The number of piperazine rings is 1. The van der Waals surface area contributed by atoms with Gasteiger partial charge in [-0.05, 0) is 81.1 Å². The number of benzene rings is 2. The number of nitrogens with two attached hydrogens (primary N) is 1. The summed E-state index contributed by atoms with van der Waals surface area (Å²) in [4.78, 5) is 108. The van der Waals surface area contributed by atoms with Gasteiger partial charge in [0.1, 0.15) is 17.6 Å². The van der Waals surface area contributed by atoms with Crippen LogP contribution >= 0.6 is 0 Å². The first kappa shape index (κ1) is 43.8. The molecule has 4 fully saturated rings. The monoisotopic (exact) mass is 878 g/mol. The zero-order valence-corrected chi connectivity index (χ0v) is 35.9. The van der Waals surface area contributed by atoms with Gasteiger partial charge in [-0.25, -0.2) is 14.8 Å². The highest BCUT2D eigenvalue weighted by Gasteiger charge is 2.45. The van der Waals surface area contributed by atoms with Crippen LogP contribution in [0.1, 0.15) is 76.2 Å². The van der Waals surface area contributed by atoms with E-state index in [0.717, 1.165) is 49.6 Å². The van der Waals surface area contributed by atoms with Gasteiger partial charge >= 0.3 is 6.03 Å². The predicted molar refractivity (Wildman–Crippen MR) is 234 cm³/mol. The second-order valence-electron chi connectivity index (χ2n) is 16.7. The lowest BCUT2D eigenvalue weighted by Gasteiger charge is -2.37. The minimum absolute atomic E-state index is 0.0186. The summed E-state index contributed by atoms with van der Waals surface area (Å²) in [6.07, 6.45) is 5.28. The molecule has 3 aromatic rings. The molecule has 4 saturated heterocycles. The Morgan fingerprint density at radius 1 is 0.891 bits per heavy atom. The number of piperidine rings is 2. The van der Waals surface area contributed by atoms with Crippen LogP contribution in [0.3, 0.4) is 0 Å². The number of hydrogen-bond donors (Lipinski definition) is 4. The molecule has 0 bridgehead atoms. The third-order valence-corrected chi connectivity index (χ3v) is 12.5. The molecule has 2 aromatic carbocycles. The fourth-order valence-electron chi connectivity index (χ4n) is 8.92. The van der Waals surface area contributed by atoms with Crippen molar-refractivity contribution in [3.05, 3.63) is 65.5 Å². The molecule has 0 saturated carbocycles. The number of nitrogens with zero attached hydrogens (tertiary/aromatic N) is 8. The van der Waals surface area contributed by atoms with Gasteiger partial charge in [0.25, 0.3) is 17.7 Å². The minimum Gasteiger partial charge on any atom is -0.494 e. The van der Waals surface area contributed by atoms with Gasteiger partial charge in [0.05, 0.1) is 30.0 Å². The highest BCUT2D eigenvalue weighted by Crippen LogP contribution is 2.32. The summed E-state index contributed by atoms with van der Waals surface area (Å²) in [5.74, 6) is -1.33. The molecule has 8 amide bonds. The molecule has 6 heterocycles. The molecule has 338 valence electrons. The molecule has 0 aliphatic carbocycles. The summed E-state index contributed by atoms with van der Waals surface area (Å²) < 4.78 is 5.90. The summed E-state index contributed by atoms with van der Waals surface area (Å²) in [5, 5.41) is 8.37. The van der Waals surface area contributed by atoms with Crippen LogP contribution in [-0.2, 0) is 14.4 Å². The van der Waals surface area contributed by atoms with Gasteiger partial charge in [0.15, 0.2) is 11.5 Å². The number of anilines is 4. The number of primary amides is 1. The van der Waals surface area contributed by atoms with E-state index in [-0.39, 0.29) is 53.5 Å². The standard InChI is InChI=1S/C44H54N12O8/c1-51-18-23-55(44(51)63)30-5-2-17-54(27-30)35-26-47-38(39(45)59)40(49-35)48-28-7-10-31(11-8-28)64-24-4-15-46-36(57)6-3-16-52-19-21-53(22-20-52)29-9-12-32-33(25-29)43(62)56(42(32)61)34-13-14-37(58)50-41(34)60/h7-12,25-26,30,34H,2-6,13-24,27H2,1H3,(H2,45,59)(H,46,57)(H,48,49)(H,50,58,60)/t30-,34?/m1/s1. The van der Waals surface area contributed by atoms with E-state index in [1.165, 1.54) is 0 Å². The fourth-order valence-corrected chi connectivity index (χ4v) is 8.92. The van der Waals surface area contributed by atoms with Crippen molar-refractivity contribution in [3.63, 3.8) is 0 Å². The van der Waals surface area contributed by atoms with Crippen LogP contribution in [0.4, 0.5) is 27.8 Å². The number of likely N-dealkylation sites (N-methyl/N-ethyl adjacent to an activating group) is 1. The van der Waals surface area contributed by atoms with Crippen molar-refractivity contribution in [2.45, 2.75) is 57.0 Å². The minimum atomic E-state index is -0.999.